The summed E-state index contributed by atoms with van der Waals surface area (Å²) in [5, 5.41) is 4.77. The van der Waals surface area contributed by atoms with Gasteiger partial charge in [0.05, 0.1) is 11.9 Å². The fourth-order valence-electron chi connectivity index (χ4n) is 4.42. The highest BCUT2D eigenvalue weighted by molar-refractivity contribution is 5.92. The van der Waals surface area contributed by atoms with Crippen LogP contribution >= 0.6 is 0 Å². The summed E-state index contributed by atoms with van der Waals surface area (Å²) in [6.07, 6.45) is 6.54. The molecule has 0 aromatic carbocycles. The van der Waals surface area contributed by atoms with E-state index in [1.54, 1.807) is 6.07 Å². The smallest absolute Gasteiger partial charge is 0.272 e. The minimum absolute atomic E-state index is 0.00140. The number of piperidine rings is 1. The van der Waals surface area contributed by atoms with Gasteiger partial charge in [0.25, 0.3) is 5.91 Å². The highest BCUT2D eigenvalue weighted by atomic mass is 16.2. The van der Waals surface area contributed by atoms with Gasteiger partial charge in [-0.2, -0.15) is 5.10 Å². The molecule has 0 N–H and O–H groups in total. The van der Waals surface area contributed by atoms with Gasteiger partial charge in [-0.25, -0.2) is 14.5 Å². The number of fused-ring (bicyclic) bond motifs is 1. The molecule has 2 aliphatic rings. The summed E-state index contributed by atoms with van der Waals surface area (Å²) in [4.78, 5) is 26.4. The predicted molar refractivity (Wildman–Crippen MR) is 111 cm³/mol. The first kappa shape index (κ1) is 18.1. The maximum atomic E-state index is 12.9. The molecule has 150 valence electrons. The predicted octanol–water partition coefficient (Wildman–Crippen LogP) is 3.05. The lowest BCUT2D eigenvalue weighted by molar-refractivity contribution is 0.0698. The van der Waals surface area contributed by atoms with E-state index in [2.05, 4.69) is 22.1 Å². The molecule has 29 heavy (non-hydrogen) atoms. The van der Waals surface area contributed by atoms with E-state index >= 15 is 0 Å². The zero-order chi connectivity index (χ0) is 19.8. The summed E-state index contributed by atoms with van der Waals surface area (Å²) in [6.45, 7) is 5.54. The van der Waals surface area contributed by atoms with Crippen LogP contribution in [0.2, 0.25) is 0 Å². The number of hydrogen-bond donors (Lipinski definition) is 0. The lowest BCUT2D eigenvalue weighted by atomic mass is 9.97. The Morgan fingerprint density at radius 1 is 1.03 bits per heavy atom. The number of amides is 1. The van der Waals surface area contributed by atoms with Crippen molar-refractivity contribution in [3.63, 3.8) is 0 Å². The number of carbonyl (C=O) groups excluding carboxylic acids is 1. The molecule has 1 amide bonds. The van der Waals surface area contributed by atoms with Crippen LogP contribution in [0.3, 0.4) is 0 Å². The van der Waals surface area contributed by atoms with Crippen molar-refractivity contribution in [2.75, 3.05) is 31.1 Å². The number of carbonyl (C=O) groups is 1. The van der Waals surface area contributed by atoms with Crippen molar-refractivity contribution >= 4 is 17.2 Å². The quantitative estimate of drug-likeness (QED) is 0.688. The number of pyridine rings is 2. The third-order valence-corrected chi connectivity index (χ3v) is 5.98. The van der Waals surface area contributed by atoms with Gasteiger partial charge in [-0.1, -0.05) is 6.07 Å². The minimum atomic E-state index is -0.00140. The van der Waals surface area contributed by atoms with Crippen molar-refractivity contribution in [2.24, 2.45) is 0 Å². The van der Waals surface area contributed by atoms with Gasteiger partial charge in [-0.05, 0) is 56.9 Å². The summed E-state index contributed by atoms with van der Waals surface area (Å²) >= 11 is 0. The lowest BCUT2D eigenvalue weighted by Gasteiger charge is -2.31. The molecule has 0 unspecified atom stereocenters. The molecule has 3 aromatic heterocycles. The molecule has 3 aromatic rings. The summed E-state index contributed by atoms with van der Waals surface area (Å²) in [6, 6.07) is 9.78. The largest absolute Gasteiger partial charge is 0.370 e. The van der Waals surface area contributed by atoms with Gasteiger partial charge >= 0.3 is 0 Å². The molecule has 2 aliphatic heterocycles. The molecule has 5 rings (SSSR count). The number of rotatable bonds is 3. The van der Waals surface area contributed by atoms with E-state index in [-0.39, 0.29) is 11.8 Å². The van der Waals surface area contributed by atoms with Gasteiger partial charge in [0, 0.05) is 37.8 Å². The summed E-state index contributed by atoms with van der Waals surface area (Å²) < 4.78 is 1.89. The van der Waals surface area contributed by atoms with Gasteiger partial charge in [0.1, 0.15) is 5.69 Å². The molecule has 2 fully saturated rings. The highest BCUT2D eigenvalue weighted by Crippen LogP contribution is 2.27. The van der Waals surface area contributed by atoms with Crippen molar-refractivity contribution < 1.29 is 4.79 Å². The average molecular weight is 390 g/mol. The molecular formula is C22H26N6O. The summed E-state index contributed by atoms with van der Waals surface area (Å²) in [5.41, 5.74) is 3.45. The Hall–Kier alpha value is -2.96. The van der Waals surface area contributed by atoms with E-state index in [4.69, 9.17) is 10.1 Å². The Balaban J connectivity index is 1.36. The third kappa shape index (κ3) is 3.57. The molecule has 0 spiro atoms. The average Bonchev–Trinajstić information content (AvgIpc) is 3.42. The topological polar surface area (TPSA) is 66.6 Å². The van der Waals surface area contributed by atoms with Crippen molar-refractivity contribution in [3.8, 4) is 0 Å². The fourth-order valence-corrected chi connectivity index (χ4v) is 4.42. The third-order valence-electron chi connectivity index (χ3n) is 5.98. The highest BCUT2D eigenvalue weighted by Gasteiger charge is 2.28. The number of aromatic nitrogens is 4. The number of aryl methyl sites for hydroxylation is 1. The van der Waals surface area contributed by atoms with E-state index in [1.807, 2.05) is 34.5 Å². The van der Waals surface area contributed by atoms with Crippen molar-refractivity contribution in [1.82, 2.24) is 24.5 Å². The number of hydrogen-bond acceptors (Lipinski definition) is 5. The van der Waals surface area contributed by atoms with Gasteiger partial charge < -0.3 is 9.80 Å². The zero-order valence-corrected chi connectivity index (χ0v) is 16.8. The Labute approximate surface area is 170 Å². The normalized spacial score (nSPS) is 19.8. The maximum absolute atomic E-state index is 12.9. The van der Waals surface area contributed by atoms with Crippen LogP contribution in [0.5, 0.6) is 0 Å². The first-order chi connectivity index (χ1) is 14.2. The van der Waals surface area contributed by atoms with Crippen molar-refractivity contribution in [1.29, 1.82) is 0 Å². The van der Waals surface area contributed by atoms with E-state index < -0.39 is 0 Å². The summed E-state index contributed by atoms with van der Waals surface area (Å²) in [7, 11) is 0. The van der Waals surface area contributed by atoms with Crippen LogP contribution in [0.4, 0.5) is 5.69 Å². The van der Waals surface area contributed by atoms with Gasteiger partial charge in [-0.15, -0.1) is 0 Å². The van der Waals surface area contributed by atoms with E-state index in [1.165, 1.54) is 18.5 Å². The van der Waals surface area contributed by atoms with Crippen LogP contribution in [-0.4, -0.2) is 56.6 Å². The number of nitrogens with zero attached hydrogens (tertiary/aromatic N) is 6. The summed E-state index contributed by atoms with van der Waals surface area (Å²) in [5.74, 6) is 0.990. The second-order valence-corrected chi connectivity index (χ2v) is 8.11. The molecular weight excluding hydrogens is 364 g/mol. The monoisotopic (exact) mass is 390 g/mol. The molecule has 0 bridgehead atoms. The minimum Gasteiger partial charge on any atom is -0.370 e. The second-order valence-electron chi connectivity index (χ2n) is 8.11. The molecule has 7 nitrogen and oxygen atoms in total. The van der Waals surface area contributed by atoms with E-state index in [0.29, 0.717) is 12.2 Å². The van der Waals surface area contributed by atoms with Crippen LogP contribution in [-0.2, 0) is 0 Å². The molecule has 2 saturated heterocycles. The molecule has 0 radical (unpaired) electrons. The number of anilines is 1. The van der Waals surface area contributed by atoms with Crippen molar-refractivity contribution in [2.45, 2.75) is 38.5 Å². The van der Waals surface area contributed by atoms with E-state index in [9.17, 15) is 4.79 Å². The van der Waals surface area contributed by atoms with Crippen molar-refractivity contribution in [3.05, 3.63) is 53.7 Å². The van der Waals surface area contributed by atoms with Crippen LogP contribution in [0.25, 0.3) is 5.65 Å². The molecule has 1 atom stereocenters. The zero-order valence-electron chi connectivity index (χ0n) is 16.8. The van der Waals surface area contributed by atoms with Crippen LogP contribution in [0.1, 0.15) is 53.6 Å². The van der Waals surface area contributed by atoms with Crippen LogP contribution < -0.4 is 4.90 Å². The second kappa shape index (κ2) is 7.46. The molecule has 0 aliphatic carbocycles. The Bertz CT molecular complexity index is 1040. The van der Waals surface area contributed by atoms with Gasteiger partial charge in [-0.3, -0.25) is 4.79 Å². The van der Waals surface area contributed by atoms with Crippen LogP contribution in [0.15, 0.2) is 36.5 Å². The SMILES string of the molecule is Cc1cccc(C(=O)N2CCC[C@H](c3nc4ccc(N5CCCC5)cn4n3)C2)n1. The Morgan fingerprint density at radius 3 is 2.72 bits per heavy atom. The molecule has 0 saturated carbocycles. The first-order valence-corrected chi connectivity index (χ1v) is 10.5. The van der Waals surface area contributed by atoms with E-state index in [0.717, 1.165) is 49.6 Å². The maximum Gasteiger partial charge on any atom is 0.272 e. The Kier molecular flexibility index (Phi) is 4.66. The van der Waals surface area contributed by atoms with Crippen LogP contribution in [0, 0.1) is 6.92 Å². The number of likely N-dealkylation sites (tertiary alicyclic amines) is 1. The fraction of sp³-hybridized carbons (Fsp3) is 0.455. The molecule has 5 heterocycles. The standard InChI is InChI=1S/C22H26N6O/c1-16-6-4-8-19(23-16)22(29)27-13-5-7-17(14-27)21-24-20-10-9-18(15-28(20)25-21)26-11-2-3-12-26/h4,6,8-10,15,17H,2-3,5,7,11-14H2,1H3/t17-/m0/s1. The lowest BCUT2D eigenvalue weighted by Crippen LogP contribution is -2.39. The first-order valence-electron chi connectivity index (χ1n) is 10.5. The van der Waals surface area contributed by atoms with Gasteiger partial charge in [0.2, 0.25) is 0 Å². The Morgan fingerprint density at radius 2 is 1.90 bits per heavy atom. The molecule has 7 heteroatoms. The van der Waals surface area contributed by atoms with Gasteiger partial charge in [0.15, 0.2) is 11.5 Å².